The average molecular weight is 466 g/mol. The molecule has 0 aliphatic rings. The van der Waals surface area contributed by atoms with Crippen LogP contribution in [0.4, 0.5) is 15.8 Å². The molecule has 3 aromatic rings. The van der Waals surface area contributed by atoms with Crippen molar-refractivity contribution in [3.05, 3.63) is 69.2 Å². The summed E-state index contributed by atoms with van der Waals surface area (Å²) in [5.74, 6) is 0.0674. The van der Waals surface area contributed by atoms with E-state index < -0.39 is 10.7 Å². The van der Waals surface area contributed by atoms with Gasteiger partial charge in [0, 0.05) is 24.4 Å². The summed E-state index contributed by atoms with van der Waals surface area (Å²) in [4.78, 5) is 22.5. The van der Waals surface area contributed by atoms with E-state index in [0.717, 1.165) is 6.07 Å². The Morgan fingerprint density at radius 2 is 2.13 bits per heavy atom. The molecule has 1 N–H and O–H groups in total. The number of carbonyl (C=O) groups is 1. The largest absolute Gasteiger partial charge is 0.484 e. The molecule has 0 fully saturated rings. The minimum absolute atomic E-state index is 0.0332. The third kappa shape index (κ3) is 5.92. The molecule has 0 atom stereocenters. The Balaban J connectivity index is 1.59. The molecule has 0 saturated carbocycles. The van der Waals surface area contributed by atoms with Crippen LogP contribution in [-0.2, 0) is 17.9 Å². The Hall–Kier alpha value is -3.18. The zero-order chi connectivity index (χ0) is 22.4. The summed E-state index contributed by atoms with van der Waals surface area (Å²) in [6, 6.07) is 9.52. The van der Waals surface area contributed by atoms with Crippen molar-refractivity contribution in [2.24, 2.45) is 0 Å². The number of anilines is 1. The van der Waals surface area contributed by atoms with Crippen molar-refractivity contribution >= 4 is 40.6 Å². The van der Waals surface area contributed by atoms with Crippen LogP contribution in [0.25, 0.3) is 0 Å². The molecular formula is C19H17ClFN5O4S. The zero-order valence-corrected chi connectivity index (χ0v) is 17.8. The van der Waals surface area contributed by atoms with Crippen molar-refractivity contribution < 1.29 is 18.8 Å². The topological polar surface area (TPSA) is 112 Å². The fraction of sp³-hybridized carbons (Fsp3) is 0.211. The number of nitrogens with one attached hydrogen (secondary N) is 1. The number of hydrogen-bond donors (Lipinski definition) is 1. The van der Waals surface area contributed by atoms with Crippen LogP contribution < -0.4 is 10.1 Å². The molecule has 0 aliphatic heterocycles. The summed E-state index contributed by atoms with van der Waals surface area (Å²) in [7, 11) is 0. The van der Waals surface area contributed by atoms with Gasteiger partial charge in [-0.25, -0.2) is 4.39 Å². The van der Waals surface area contributed by atoms with E-state index in [1.807, 2.05) is 6.92 Å². The van der Waals surface area contributed by atoms with E-state index in [9.17, 15) is 19.3 Å². The summed E-state index contributed by atoms with van der Waals surface area (Å²) in [6.07, 6.45) is 0. The van der Waals surface area contributed by atoms with Gasteiger partial charge < -0.3 is 14.6 Å². The lowest BCUT2D eigenvalue weighted by Gasteiger charge is -2.10. The number of ether oxygens (including phenoxy) is 1. The van der Waals surface area contributed by atoms with E-state index in [2.05, 4.69) is 15.5 Å². The van der Waals surface area contributed by atoms with Crippen molar-refractivity contribution in [1.82, 2.24) is 14.8 Å². The van der Waals surface area contributed by atoms with E-state index >= 15 is 0 Å². The molecule has 0 radical (unpaired) electrons. The zero-order valence-electron chi connectivity index (χ0n) is 16.2. The monoisotopic (exact) mass is 465 g/mol. The number of carbonyl (C=O) groups excluding carboxylic acids is 1. The molecule has 1 heterocycles. The van der Waals surface area contributed by atoms with Crippen molar-refractivity contribution in [2.75, 3.05) is 11.1 Å². The molecule has 1 amide bonds. The molecule has 0 aliphatic carbocycles. The summed E-state index contributed by atoms with van der Waals surface area (Å²) in [6.45, 7) is 2.50. The number of non-ortho nitro benzene ring substituents is 1. The normalized spacial score (nSPS) is 10.7. The number of halogens is 2. The van der Waals surface area contributed by atoms with Crippen LogP contribution in [0, 0.1) is 15.9 Å². The Morgan fingerprint density at radius 3 is 2.84 bits per heavy atom. The van der Waals surface area contributed by atoms with E-state index in [1.54, 1.807) is 10.6 Å². The smallest absolute Gasteiger partial charge is 0.271 e. The molecule has 0 saturated heterocycles. The van der Waals surface area contributed by atoms with Crippen LogP contribution in [0.1, 0.15) is 12.7 Å². The standard InChI is InChI=1S/C19H17ClFN5O4S/c1-2-25-17(10-30-16-7-6-12(21)8-15(16)20)23-24-19(25)31-11-18(27)22-13-4-3-5-14(9-13)26(28)29/h3-9H,2,10-11H2,1H3,(H,22,27). The first-order chi connectivity index (χ1) is 14.9. The Labute approximate surface area is 185 Å². The molecule has 0 spiro atoms. The van der Waals surface area contributed by atoms with Crippen LogP contribution in [0.15, 0.2) is 47.6 Å². The highest BCUT2D eigenvalue weighted by Crippen LogP contribution is 2.26. The van der Waals surface area contributed by atoms with E-state index in [4.69, 9.17) is 16.3 Å². The van der Waals surface area contributed by atoms with Crippen molar-refractivity contribution in [2.45, 2.75) is 25.2 Å². The molecule has 162 valence electrons. The van der Waals surface area contributed by atoms with Gasteiger partial charge >= 0.3 is 0 Å². The number of nitrogens with zero attached hydrogens (tertiary/aromatic N) is 4. The lowest BCUT2D eigenvalue weighted by molar-refractivity contribution is -0.384. The fourth-order valence-corrected chi connectivity index (χ4v) is 3.65. The second-order valence-electron chi connectivity index (χ2n) is 6.15. The number of aromatic nitrogens is 3. The highest BCUT2D eigenvalue weighted by molar-refractivity contribution is 7.99. The Bertz CT molecular complexity index is 1110. The maximum atomic E-state index is 13.1. The van der Waals surface area contributed by atoms with Crippen LogP contribution >= 0.6 is 23.4 Å². The first-order valence-electron chi connectivity index (χ1n) is 9.04. The number of nitro benzene ring substituents is 1. The molecule has 31 heavy (non-hydrogen) atoms. The van der Waals surface area contributed by atoms with E-state index in [-0.39, 0.29) is 29.0 Å². The first kappa shape index (κ1) is 22.5. The third-order valence-electron chi connectivity index (χ3n) is 4.03. The quantitative estimate of drug-likeness (QED) is 0.284. The number of benzene rings is 2. The van der Waals surface area contributed by atoms with Gasteiger partial charge in [0.2, 0.25) is 5.91 Å². The first-order valence-corrected chi connectivity index (χ1v) is 10.4. The van der Waals surface area contributed by atoms with Gasteiger partial charge in [-0.3, -0.25) is 14.9 Å². The van der Waals surface area contributed by atoms with Crippen molar-refractivity contribution in [1.29, 1.82) is 0 Å². The number of hydrogen-bond acceptors (Lipinski definition) is 7. The molecule has 12 heteroatoms. The summed E-state index contributed by atoms with van der Waals surface area (Å²) in [5.41, 5.74) is 0.226. The average Bonchev–Trinajstić information content (AvgIpc) is 3.13. The molecule has 9 nitrogen and oxygen atoms in total. The van der Waals surface area contributed by atoms with Crippen LogP contribution in [0.5, 0.6) is 5.75 Å². The van der Waals surface area contributed by atoms with Gasteiger partial charge in [-0.15, -0.1) is 10.2 Å². The Morgan fingerprint density at radius 1 is 1.32 bits per heavy atom. The van der Waals surface area contributed by atoms with Gasteiger partial charge in [-0.1, -0.05) is 29.4 Å². The fourth-order valence-electron chi connectivity index (χ4n) is 2.61. The molecule has 3 rings (SSSR count). The van der Waals surface area contributed by atoms with E-state index in [1.165, 1.54) is 42.1 Å². The number of amides is 1. The predicted molar refractivity (Wildman–Crippen MR) is 114 cm³/mol. The molecule has 0 unspecified atom stereocenters. The predicted octanol–water partition coefficient (Wildman–Crippen LogP) is 4.31. The number of thioether (sulfide) groups is 1. The number of nitro groups is 1. The van der Waals surface area contributed by atoms with Crippen LogP contribution in [0.2, 0.25) is 5.02 Å². The van der Waals surface area contributed by atoms with Crippen molar-refractivity contribution in [3.63, 3.8) is 0 Å². The van der Waals surface area contributed by atoms with Gasteiger partial charge in [-0.05, 0) is 31.2 Å². The van der Waals surface area contributed by atoms with Gasteiger partial charge in [0.15, 0.2) is 11.0 Å². The van der Waals surface area contributed by atoms with Crippen molar-refractivity contribution in [3.8, 4) is 5.75 Å². The number of rotatable bonds is 9. The molecule has 2 aromatic carbocycles. The molecule has 1 aromatic heterocycles. The van der Waals surface area contributed by atoms with Crippen LogP contribution in [-0.4, -0.2) is 31.3 Å². The lowest BCUT2D eigenvalue weighted by atomic mass is 10.3. The third-order valence-corrected chi connectivity index (χ3v) is 5.30. The maximum Gasteiger partial charge on any atom is 0.271 e. The summed E-state index contributed by atoms with van der Waals surface area (Å²) in [5, 5.41) is 22.3. The summed E-state index contributed by atoms with van der Waals surface area (Å²) < 4.78 is 20.5. The highest BCUT2D eigenvalue weighted by atomic mass is 35.5. The van der Waals surface area contributed by atoms with Gasteiger partial charge in [-0.2, -0.15) is 0 Å². The SMILES string of the molecule is CCn1c(COc2ccc(F)cc2Cl)nnc1SCC(=O)Nc1cccc([N+](=O)[O-])c1. The second kappa shape index (κ2) is 10.2. The van der Waals surface area contributed by atoms with E-state index in [0.29, 0.717) is 29.0 Å². The summed E-state index contributed by atoms with van der Waals surface area (Å²) >= 11 is 7.13. The van der Waals surface area contributed by atoms with Gasteiger partial charge in [0.25, 0.3) is 5.69 Å². The highest BCUT2D eigenvalue weighted by Gasteiger charge is 2.15. The second-order valence-corrected chi connectivity index (χ2v) is 7.50. The Kier molecular flexibility index (Phi) is 7.42. The van der Waals surface area contributed by atoms with Gasteiger partial charge in [0.05, 0.1) is 15.7 Å². The lowest BCUT2D eigenvalue weighted by Crippen LogP contribution is -2.15. The minimum atomic E-state index is -0.531. The molecule has 0 bridgehead atoms. The maximum absolute atomic E-state index is 13.1. The van der Waals surface area contributed by atoms with Crippen LogP contribution in [0.3, 0.4) is 0 Å². The molecular weight excluding hydrogens is 449 g/mol. The minimum Gasteiger partial charge on any atom is -0.484 e. The van der Waals surface area contributed by atoms with Gasteiger partial charge in [0.1, 0.15) is 18.2 Å².